The van der Waals surface area contributed by atoms with E-state index < -0.39 is 0 Å². The summed E-state index contributed by atoms with van der Waals surface area (Å²) in [6.07, 6.45) is 5.13. The molecule has 0 aliphatic rings. The first-order valence-corrected chi connectivity index (χ1v) is 4.00. The highest BCUT2D eigenvalue weighted by Crippen LogP contribution is 2.21. The molecule has 0 aliphatic carbocycles. The zero-order chi connectivity index (χ0) is 7.52. The van der Waals surface area contributed by atoms with Crippen LogP contribution < -0.4 is 0 Å². The first kappa shape index (κ1) is 6.49. The molecular weight excluding hydrogens is 156 g/mol. The van der Waals surface area contributed by atoms with E-state index in [1.54, 1.807) is 23.7 Å². The van der Waals surface area contributed by atoms with Gasteiger partial charge in [-0.1, -0.05) is 0 Å². The lowest BCUT2D eigenvalue weighted by atomic mass is 10.3. The van der Waals surface area contributed by atoms with Crippen molar-refractivity contribution < 1.29 is 0 Å². The monoisotopic (exact) mass is 161 g/mol. The number of thiophene rings is 1. The SMILES string of the molecule is [c]1ccc(-c2cncnc2)s1. The Hall–Kier alpha value is -1.22. The molecule has 2 rings (SSSR count). The van der Waals surface area contributed by atoms with Crippen LogP contribution in [0.3, 0.4) is 0 Å². The summed E-state index contributed by atoms with van der Waals surface area (Å²) >= 11 is 1.57. The Labute approximate surface area is 68.6 Å². The molecule has 2 nitrogen and oxygen atoms in total. The van der Waals surface area contributed by atoms with Gasteiger partial charge in [0.25, 0.3) is 0 Å². The first-order valence-electron chi connectivity index (χ1n) is 3.18. The van der Waals surface area contributed by atoms with Crippen LogP contribution in [0.2, 0.25) is 0 Å². The van der Waals surface area contributed by atoms with Crippen LogP contribution >= 0.6 is 11.3 Å². The number of aromatic nitrogens is 2. The van der Waals surface area contributed by atoms with Crippen LogP contribution in [0, 0.1) is 5.38 Å². The Balaban J connectivity index is 2.46. The molecule has 0 saturated heterocycles. The highest BCUT2D eigenvalue weighted by Gasteiger charge is 1.96. The second-order valence-corrected chi connectivity index (χ2v) is 2.92. The summed E-state index contributed by atoms with van der Waals surface area (Å²) in [5.41, 5.74) is 1.05. The zero-order valence-electron chi connectivity index (χ0n) is 5.69. The van der Waals surface area contributed by atoms with E-state index in [-0.39, 0.29) is 0 Å². The molecule has 3 heteroatoms. The second kappa shape index (κ2) is 2.80. The van der Waals surface area contributed by atoms with Crippen molar-refractivity contribution >= 4 is 11.3 Å². The van der Waals surface area contributed by atoms with Crippen LogP contribution in [0.15, 0.2) is 30.9 Å². The highest BCUT2D eigenvalue weighted by molar-refractivity contribution is 7.13. The number of rotatable bonds is 1. The topological polar surface area (TPSA) is 25.8 Å². The minimum Gasteiger partial charge on any atom is -0.244 e. The molecule has 0 fully saturated rings. The maximum atomic E-state index is 3.92. The molecule has 11 heavy (non-hydrogen) atoms. The predicted octanol–water partition coefficient (Wildman–Crippen LogP) is 2.01. The molecule has 0 bridgehead atoms. The van der Waals surface area contributed by atoms with E-state index in [4.69, 9.17) is 0 Å². The lowest BCUT2D eigenvalue weighted by molar-refractivity contribution is 1.17. The van der Waals surface area contributed by atoms with Gasteiger partial charge in [0.15, 0.2) is 0 Å². The van der Waals surface area contributed by atoms with Gasteiger partial charge in [-0.15, -0.1) is 11.3 Å². The quantitative estimate of drug-likeness (QED) is 0.639. The lowest BCUT2D eigenvalue weighted by Gasteiger charge is -1.91. The molecule has 0 atom stereocenters. The molecule has 2 aromatic rings. The smallest absolute Gasteiger partial charge is 0.115 e. The van der Waals surface area contributed by atoms with Gasteiger partial charge >= 0.3 is 0 Å². The van der Waals surface area contributed by atoms with Crippen LogP contribution in [-0.4, -0.2) is 9.97 Å². The minimum atomic E-state index is 1.05. The van der Waals surface area contributed by atoms with Crippen molar-refractivity contribution in [2.75, 3.05) is 0 Å². The van der Waals surface area contributed by atoms with E-state index in [1.807, 2.05) is 12.1 Å². The van der Waals surface area contributed by atoms with Crippen molar-refractivity contribution in [3.8, 4) is 10.4 Å². The van der Waals surface area contributed by atoms with Crippen molar-refractivity contribution in [2.24, 2.45) is 0 Å². The fraction of sp³-hybridized carbons (Fsp3) is 0. The third-order valence-electron chi connectivity index (χ3n) is 1.32. The standard InChI is InChI=1S/C8H5N2S/c1-2-8(11-3-1)7-4-9-6-10-5-7/h1-2,4-6H. The van der Waals surface area contributed by atoms with Gasteiger partial charge < -0.3 is 0 Å². The Morgan fingerprint density at radius 1 is 1.27 bits per heavy atom. The molecule has 0 saturated carbocycles. The van der Waals surface area contributed by atoms with Crippen molar-refractivity contribution in [3.63, 3.8) is 0 Å². The maximum absolute atomic E-state index is 3.92. The van der Waals surface area contributed by atoms with E-state index in [2.05, 4.69) is 15.3 Å². The Morgan fingerprint density at radius 3 is 2.73 bits per heavy atom. The van der Waals surface area contributed by atoms with Gasteiger partial charge in [-0.25, -0.2) is 9.97 Å². The van der Waals surface area contributed by atoms with E-state index >= 15 is 0 Å². The van der Waals surface area contributed by atoms with Gasteiger partial charge in [0.05, 0.1) is 0 Å². The van der Waals surface area contributed by atoms with E-state index in [0.717, 1.165) is 10.4 Å². The molecule has 1 radical (unpaired) electrons. The fourth-order valence-corrected chi connectivity index (χ4v) is 1.45. The molecular formula is C8H5N2S. The van der Waals surface area contributed by atoms with Gasteiger partial charge in [-0.2, -0.15) is 0 Å². The summed E-state index contributed by atoms with van der Waals surface area (Å²) in [7, 11) is 0. The Kier molecular flexibility index (Phi) is 1.65. The van der Waals surface area contributed by atoms with Crippen molar-refractivity contribution in [1.29, 1.82) is 0 Å². The summed E-state index contributed by atoms with van der Waals surface area (Å²) in [4.78, 5) is 9.00. The molecule has 2 heterocycles. The number of hydrogen-bond donors (Lipinski definition) is 0. The maximum Gasteiger partial charge on any atom is 0.115 e. The predicted molar refractivity (Wildman–Crippen MR) is 44.2 cm³/mol. The molecule has 0 amide bonds. The largest absolute Gasteiger partial charge is 0.244 e. The zero-order valence-corrected chi connectivity index (χ0v) is 6.51. The molecule has 0 unspecified atom stereocenters. The van der Waals surface area contributed by atoms with Crippen LogP contribution in [0.25, 0.3) is 10.4 Å². The summed E-state index contributed by atoms with van der Waals surface area (Å²) in [5.74, 6) is 0. The van der Waals surface area contributed by atoms with E-state index in [0.29, 0.717) is 0 Å². The average molecular weight is 161 g/mol. The molecule has 2 aromatic heterocycles. The Morgan fingerprint density at radius 2 is 2.09 bits per heavy atom. The van der Waals surface area contributed by atoms with Crippen LogP contribution in [-0.2, 0) is 0 Å². The van der Waals surface area contributed by atoms with Gasteiger partial charge in [0.2, 0.25) is 0 Å². The van der Waals surface area contributed by atoms with Crippen LogP contribution in [0.1, 0.15) is 0 Å². The third kappa shape index (κ3) is 1.28. The molecule has 0 aromatic carbocycles. The van der Waals surface area contributed by atoms with Crippen LogP contribution in [0.4, 0.5) is 0 Å². The van der Waals surface area contributed by atoms with Gasteiger partial charge in [0.1, 0.15) is 6.33 Å². The second-order valence-electron chi connectivity index (χ2n) is 2.04. The van der Waals surface area contributed by atoms with Crippen molar-refractivity contribution in [3.05, 3.63) is 36.2 Å². The van der Waals surface area contributed by atoms with Gasteiger partial charge in [0, 0.05) is 28.2 Å². The first-order chi connectivity index (χ1) is 5.47. The highest BCUT2D eigenvalue weighted by atomic mass is 32.1. The lowest BCUT2D eigenvalue weighted by Crippen LogP contribution is -1.77. The Bertz CT molecular complexity index is 315. The fourth-order valence-electron chi connectivity index (χ4n) is 0.823. The van der Waals surface area contributed by atoms with E-state index in [1.165, 1.54) is 6.33 Å². The minimum absolute atomic E-state index is 1.05. The summed E-state index contributed by atoms with van der Waals surface area (Å²) in [6, 6.07) is 3.90. The van der Waals surface area contributed by atoms with Gasteiger partial charge in [-0.05, 0) is 12.1 Å². The number of hydrogen-bond acceptors (Lipinski definition) is 3. The van der Waals surface area contributed by atoms with Crippen molar-refractivity contribution in [1.82, 2.24) is 9.97 Å². The van der Waals surface area contributed by atoms with E-state index in [9.17, 15) is 0 Å². The summed E-state index contributed by atoms with van der Waals surface area (Å²) in [6.45, 7) is 0. The molecule has 0 spiro atoms. The summed E-state index contributed by atoms with van der Waals surface area (Å²) in [5, 5.41) is 3.01. The van der Waals surface area contributed by atoms with Crippen LogP contribution in [0.5, 0.6) is 0 Å². The average Bonchev–Trinajstić information content (AvgIpc) is 2.58. The molecule has 0 N–H and O–H groups in total. The third-order valence-corrected chi connectivity index (χ3v) is 2.16. The summed E-state index contributed by atoms with van der Waals surface area (Å²) < 4.78 is 0. The normalized spacial score (nSPS) is 9.82. The molecule has 0 aliphatic heterocycles. The van der Waals surface area contributed by atoms with Gasteiger partial charge in [-0.3, -0.25) is 0 Å². The molecule has 53 valence electrons. The number of nitrogens with zero attached hydrogens (tertiary/aromatic N) is 2. The van der Waals surface area contributed by atoms with Crippen molar-refractivity contribution in [2.45, 2.75) is 0 Å².